The zero-order valence-corrected chi connectivity index (χ0v) is 21.9. The van der Waals surface area contributed by atoms with Gasteiger partial charge in [0, 0.05) is 37.9 Å². The second-order valence-corrected chi connectivity index (χ2v) is 11.1. The Morgan fingerprint density at radius 2 is 1.72 bits per heavy atom. The third-order valence-electron chi connectivity index (χ3n) is 7.51. The molecule has 2 heterocycles. The topological polar surface area (TPSA) is 47.4 Å². The Kier molecular flexibility index (Phi) is 6.74. The number of aryl methyl sites for hydroxylation is 2. The van der Waals surface area contributed by atoms with Crippen LogP contribution in [0.2, 0.25) is 0 Å². The van der Waals surface area contributed by atoms with E-state index in [0.717, 1.165) is 44.7 Å². The molecule has 0 bridgehead atoms. The fourth-order valence-electron chi connectivity index (χ4n) is 5.76. The molecular weight excluding hydrogens is 446 g/mol. The summed E-state index contributed by atoms with van der Waals surface area (Å²) in [6, 6.07) is 17.8. The van der Waals surface area contributed by atoms with Crippen LogP contribution in [-0.4, -0.2) is 39.2 Å². The number of ether oxygens (including phenoxy) is 1. The lowest BCUT2D eigenvalue weighted by atomic mass is 9.74. The minimum absolute atomic E-state index is 0.193. The van der Waals surface area contributed by atoms with Crippen molar-refractivity contribution in [2.75, 3.05) is 13.1 Å². The van der Waals surface area contributed by atoms with E-state index >= 15 is 0 Å². The van der Waals surface area contributed by atoms with E-state index in [-0.39, 0.29) is 6.09 Å². The maximum atomic E-state index is 12.7. The molecule has 2 aromatic carbocycles. The Morgan fingerprint density at radius 1 is 1.03 bits per heavy atom. The highest BCUT2D eigenvalue weighted by atomic mass is 16.6. The molecule has 1 amide bonds. The molecule has 1 atom stereocenters. The van der Waals surface area contributed by atoms with Crippen LogP contribution in [-0.2, 0) is 11.3 Å². The smallest absolute Gasteiger partial charge is 0.410 e. The highest BCUT2D eigenvalue weighted by Crippen LogP contribution is 2.45. The number of amides is 1. The van der Waals surface area contributed by atoms with Gasteiger partial charge in [0.2, 0.25) is 0 Å². The van der Waals surface area contributed by atoms with Crippen LogP contribution >= 0.6 is 0 Å². The van der Waals surface area contributed by atoms with Crippen molar-refractivity contribution in [1.82, 2.24) is 14.5 Å². The van der Waals surface area contributed by atoms with Crippen LogP contribution in [0.1, 0.15) is 74.0 Å². The SMILES string of the molecule is Cc1nccn1CCC1=Cc2ccccc2C(C2CCN(C(=O)OC(C)(C)C)CC2)c2ccccc21. The second-order valence-electron chi connectivity index (χ2n) is 11.1. The maximum absolute atomic E-state index is 12.7. The van der Waals surface area contributed by atoms with E-state index in [9.17, 15) is 4.79 Å². The summed E-state index contributed by atoms with van der Waals surface area (Å²) in [4.78, 5) is 19.0. The number of nitrogens with zero attached hydrogens (tertiary/aromatic N) is 3. The van der Waals surface area contributed by atoms with Crippen LogP contribution in [0.25, 0.3) is 11.6 Å². The number of hydrogen-bond acceptors (Lipinski definition) is 3. The number of likely N-dealkylation sites (tertiary alicyclic amines) is 1. The van der Waals surface area contributed by atoms with Gasteiger partial charge >= 0.3 is 6.09 Å². The first-order valence-electron chi connectivity index (χ1n) is 13.1. The second kappa shape index (κ2) is 9.96. The van der Waals surface area contributed by atoms with Gasteiger partial charge in [0.05, 0.1) is 0 Å². The van der Waals surface area contributed by atoms with E-state index in [2.05, 4.69) is 77.3 Å². The third kappa shape index (κ3) is 5.11. The van der Waals surface area contributed by atoms with Gasteiger partial charge in [0.1, 0.15) is 11.4 Å². The van der Waals surface area contributed by atoms with Gasteiger partial charge in [-0.05, 0) is 80.7 Å². The van der Waals surface area contributed by atoms with Crippen molar-refractivity contribution in [3.05, 3.63) is 89.0 Å². The number of carbonyl (C=O) groups excluding carboxylic acids is 1. The van der Waals surface area contributed by atoms with Gasteiger partial charge in [-0.25, -0.2) is 9.78 Å². The molecule has 0 N–H and O–H groups in total. The van der Waals surface area contributed by atoms with Crippen LogP contribution in [0.3, 0.4) is 0 Å². The van der Waals surface area contributed by atoms with Gasteiger partial charge in [0.15, 0.2) is 0 Å². The summed E-state index contributed by atoms with van der Waals surface area (Å²) >= 11 is 0. The van der Waals surface area contributed by atoms with Crippen molar-refractivity contribution in [2.24, 2.45) is 5.92 Å². The van der Waals surface area contributed by atoms with Crippen LogP contribution < -0.4 is 0 Å². The summed E-state index contributed by atoms with van der Waals surface area (Å²) in [5.74, 6) is 1.82. The van der Waals surface area contributed by atoms with Gasteiger partial charge in [-0.1, -0.05) is 54.6 Å². The molecule has 3 aromatic rings. The molecule has 36 heavy (non-hydrogen) atoms. The van der Waals surface area contributed by atoms with Crippen molar-refractivity contribution in [3.8, 4) is 0 Å². The lowest BCUT2D eigenvalue weighted by Crippen LogP contribution is -2.42. The summed E-state index contributed by atoms with van der Waals surface area (Å²) in [6.07, 6.45) is 9.03. The summed E-state index contributed by atoms with van der Waals surface area (Å²) in [6.45, 7) is 10.2. The zero-order chi connectivity index (χ0) is 25.3. The van der Waals surface area contributed by atoms with Gasteiger partial charge in [-0.3, -0.25) is 0 Å². The zero-order valence-electron chi connectivity index (χ0n) is 21.9. The molecule has 0 spiro atoms. The van der Waals surface area contributed by atoms with Crippen LogP contribution in [0.15, 0.2) is 60.9 Å². The largest absolute Gasteiger partial charge is 0.444 e. The van der Waals surface area contributed by atoms with E-state index in [0.29, 0.717) is 11.8 Å². The lowest BCUT2D eigenvalue weighted by Gasteiger charge is -2.37. The molecule has 1 saturated heterocycles. The highest BCUT2D eigenvalue weighted by Gasteiger charge is 2.35. The number of benzene rings is 2. The van der Waals surface area contributed by atoms with Crippen LogP contribution in [0.5, 0.6) is 0 Å². The first-order valence-corrected chi connectivity index (χ1v) is 13.1. The molecule has 1 fully saturated rings. The first-order chi connectivity index (χ1) is 17.3. The highest BCUT2D eigenvalue weighted by molar-refractivity contribution is 5.86. The van der Waals surface area contributed by atoms with E-state index in [1.165, 1.54) is 27.8 Å². The molecule has 0 radical (unpaired) electrons. The molecule has 1 aromatic heterocycles. The normalized spacial score (nSPS) is 18.2. The number of piperidine rings is 1. The summed E-state index contributed by atoms with van der Waals surface area (Å²) in [5.41, 5.74) is 6.38. The monoisotopic (exact) mass is 483 g/mol. The van der Waals surface area contributed by atoms with Gasteiger partial charge in [0.25, 0.3) is 0 Å². The Bertz CT molecular complexity index is 1260. The van der Waals surface area contributed by atoms with Crippen LogP contribution in [0, 0.1) is 12.8 Å². The minimum Gasteiger partial charge on any atom is -0.444 e. The van der Waals surface area contributed by atoms with Crippen molar-refractivity contribution < 1.29 is 9.53 Å². The van der Waals surface area contributed by atoms with E-state index in [1.54, 1.807) is 0 Å². The number of fused-ring (bicyclic) bond motifs is 2. The quantitative estimate of drug-likeness (QED) is 0.405. The summed E-state index contributed by atoms with van der Waals surface area (Å²) in [7, 11) is 0. The van der Waals surface area contributed by atoms with Gasteiger partial charge in [-0.15, -0.1) is 0 Å². The van der Waals surface area contributed by atoms with E-state index < -0.39 is 5.60 Å². The molecule has 1 aliphatic heterocycles. The van der Waals surface area contributed by atoms with E-state index in [4.69, 9.17) is 4.74 Å². The van der Waals surface area contributed by atoms with Crippen molar-refractivity contribution in [2.45, 2.75) is 65.0 Å². The fraction of sp³-hybridized carbons (Fsp3) is 0.419. The van der Waals surface area contributed by atoms with Crippen LogP contribution in [0.4, 0.5) is 4.79 Å². The number of hydrogen-bond donors (Lipinski definition) is 0. The molecule has 1 unspecified atom stereocenters. The predicted molar refractivity (Wildman–Crippen MR) is 145 cm³/mol. The number of allylic oxidation sites excluding steroid dienone is 1. The number of rotatable bonds is 4. The Labute approximate surface area is 214 Å². The molecule has 2 aliphatic rings. The summed E-state index contributed by atoms with van der Waals surface area (Å²) in [5, 5.41) is 0. The maximum Gasteiger partial charge on any atom is 0.410 e. The average Bonchev–Trinajstić information content (AvgIpc) is 3.20. The number of carbonyl (C=O) groups is 1. The Balaban J connectivity index is 1.44. The fourth-order valence-corrected chi connectivity index (χ4v) is 5.76. The average molecular weight is 484 g/mol. The van der Waals surface area contributed by atoms with Crippen molar-refractivity contribution in [3.63, 3.8) is 0 Å². The minimum atomic E-state index is -0.468. The molecule has 0 saturated carbocycles. The van der Waals surface area contributed by atoms with E-state index in [1.807, 2.05) is 31.9 Å². The number of aromatic nitrogens is 2. The Morgan fingerprint density at radius 3 is 2.42 bits per heavy atom. The van der Waals surface area contributed by atoms with Crippen molar-refractivity contribution >= 4 is 17.7 Å². The van der Waals surface area contributed by atoms with Crippen molar-refractivity contribution in [1.29, 1.82) is 0 Å². The third-order valence-corrected chi connectivity index (χ3v) is 7.51. The Hall–Kier alpha value is -3.34. The number of imidazole rings is 1. The molecule has 188 valence electrons. The molecule has 5 rings (SSSR count). The molecular formula is C31H37N3O2. The first kappa shape index (κ1) is 24.4. The van der Waals surface area contributed by atoms with Gasteiger partial charge < -0.3 is 14.2 Å². The summed E-state index contributed by atoms with van der Waals surface area (Å²) < 4.78 is 7.87. The van der Waals surface area contributed by atoms with Gasteiger partial charge in [-0.2, -0.15) is 0 Å². The molecule has 5 nitrogen and oxygen atoms in total. The molecule has 1 aliphatic carbocycles. The predicted octanol–water partition coefficient (Wildman–Crippen LogP) is 6.91. The molecule has 5 heteroatoms. The lowest BCUT2D eigenvalue weighted by molar-refractivity contribution is 0.0178. The standard InChI is InChI=1S/C31H37N3O2/c1-22-32-16-20-33(22)17-15-25-21-24-9-5-6-11-27(24)29(28-12-8-7-10-26(25)28)23-13-18-34(19-14-23)30(35)36-31(2,3)4/h5-12,16,20-21,23,29H,13-15,17-19H2,1-4H3.